The maximum absolute atomic E-state index is 12.1. The van der Waals surface area contributed by atoms with E-state index >= 15 is 0 Å². The molecular formula is C13H9ClIN3O3. The molecule has 0 spiro atoms. The normalized spacial score (nSPS) is 10.2. The Kier molecular flexibility index (Phi) is 4.63. The molecule has 0 aliphatic heterocycles. The van der Waals surface area contributed by atoms with E-state index in [0.29, 0.717) is 10.7 Å². The summed E-state index contributed by atoms with van der Waals surface area (Å²) < 4.78 is 0.762. The van der Waals surface area contributed by atoms with Crippen molar-refractivity contribution in [2.75, 3.05) is 11.1 Å². The summed E-state index contributed by atoms with van der Waals surface area (Å²) in [6.45, 7) is 0. The summed E-state index contributed by atoms with van der Waals surface area (Å²) in [5, 5.41) is 14.1. The molecule has 8 heteroatoms. The molecule has 108 valence electrons. The number of nitrogens with one attached hydrogen (secondary N) is 1. The zero-order valence-electron chi connectivity index (χ0n) is 10.5. The van der Waals surface area contributed by atoms with Gasteiger partial charge in [0.2, 0.25) is 0 Å². The number of nitrogen functional groups attached to an aromatic ring is 1. The molecule has 0 saturated carbocycles. The third-order valence-corrected chi connectivity index (χ3v) is 3.80. The summed E-state index contributed by atoms with van der Waals surface area (Å²) in [5.41, 5.74) is 5.94. The molecule has 0 aliphatic rings. The van der Waals surface area contributed by atoms with Gasteiger partial charge in [0.25, 0.3) is 11.6 Å². The smallest absolute Gasteiger partial charge is 0.292 e. The molecule has 2 rings (SSSR count). The number of hydrogen-bond donors (Lipinski definition) is 2. The molecule has 6 nitrogen and oxygen atoms in total. The number of carbonyl (C=O) groups excluding carboxylic acids is 1. The fourth-order valence-electron chi connectivity index (χ4n) is 1.63. The molecule has 0 radical (unpaired) electrons. The van der Waals surface area contributed by atoms with Crippen LogP contribution in [0.2, 0.25) is 5.02 Å². The minimum Gasteiger partial charge on any atom is -0.393 e. The summed E-state index contributed by atoms with van der Waals surface area (Å²) >= 11 is 7.87. The van der Waals surface area contributed by atoms with Gasteiger partial charge in [0.05, 0.1) is 10.6 Å². The van der Waals surface area contributed by atoms with Gasteiger partial charge in [-0.25, -0.2) is 0 Å². The number of nitrogens with zero attached hydrogens (tertiary/aromatic N) is 1. The fraction of sp³-hybridized carbons (Fsp3) is 0. The van der Waals surface area contributed by atoms with Gasteiger partial charge in [-0.15, -0.1) is 0 Å². The van der Waals surface area contributed by atoms with Gasteiger partial charge in [0.15, 0.2) is 0 Å². The Morgan fingerprint density at radius 2 is 2.00 bits per heavy atom. The number of nitrogens with two attached hydrogens (primary N) is 1. The number of carbonyl (C=O) groups is 1. The van der Waals surface area contributed by atoms with E-state index in [1.165, 1.54) is 12.1 Å². The van der Waals surface area contributed by atoms with Crippen molar-refractivity contribution in [2.45, 2.75) is 0 Å². The summed E-state index contributed by atoms with van der Waals surface area (Å²) in [6, 6.07) is 8.91. The van der Waals surface area contributed by atoms with Gasteiger partial charge in [-0.1, -0.05) is 11.6 Å². The molecule has 0 bridgehead atoms. The predicted molar refractivity (Wildman–Crippen MR) is 89.6 cm³/mol. The van der Waals surface area contributed by atoms with E-state index in [0.717, 1.165) is 9.64 Å². The van der Waals surface area contributed by atoms with E-state index in [2.05, 4.69) is 5.32 Å². The fourth-order valence-corrected chi connectivity index (χ4v) is 2.63. The largest absolute Gasteiger partial charge is 0.393 e. The molecule has 2 aromatic carbocycles. The van der Waals surface area contributed by atoms with Crippen molar-refractivity contribution in [1.82, 2.24) is 0 Å². The SMILES string of the molecule is Nc1ccc(C(=O)Nc2ccc(Cl)cc2I)cc1[N+](=O)[O-]. The van der Waals surface area contributed by atoms with Crippen LogP contribution in [-0.4, -0.2) is 10.8 Å². The third-order valence-electron chi connectivity index (χ3n) is 2.67. The van der Waals surface area contributed by atoms with Crippen LogP contribution in [0, 0.1) is 13.7 Å². The maximum Gasteiger partial charge on any atom is 0.292 e. The number of halogens is 2. The lowest BCUT2D eigenvalue weighted by atomic mass is 10.1. The van der Waals surface area contributed by atoms with Crippen molar-refractivity contribution in [2.24, 2.45) is 0 Å². The Bertz CT molecular complexity index is 737. The molecule has 0 saturated heterocycles. The first-order chi connectivity index (χ1) is 9.88. The lowest BCUT2D eigenvalue weighted by Crippen LogP contribution is -2.13. The summed E-state index contributed by atoms with van der Waals surface area (Å²) in [7, 11) is 0. The average Bonchev–Trinajstić information content (AvgIpc) is 2.42. The Balaban J connectivity index is 2.28. The van der Waals surface area contributed by atoms with Crippen molar-refractivity contribution < 1.29 is 9.72 Å². The van der Waals surface area contributed by atoms with E-state index in [1.54, 1.807) is 18.2 Å². The molecule has 0 heterocycles. The minimum atomic E-state index is -0.627. The predicted octanol–water partition coefficient (Wildman–Crippen LogP) is 3.69. The minimum absolute atomic E-state index is 0.0117. The molecule has 1 amide bonds. The molecule has 2 aromatic rings. The monoisotopic (exact) mass is 417 g/mol. The summed E-state index contributed by atoms with van der Waals surface area (Å²) in [5.74, 6) is -0.460. The highest BCUT2D eigenvalue weighted by atomic mass is 127. The van der Waals surface area contributed by atoms with Crippen molar-refractivity contribution in [1.29, 1.82) is 0 Å². The average molecular weight is 418 g/mol. The Morgan fingerprint density at radius 3 is 2.62 bits per heavy atom. The second kappa shape index (κ2) is 6.27. The van der Waals surface area contributed by atoms with Crippen molar-refractivity contribution in [3.05, 3.63) is 60.7 Å². The number of nitro groups is 1. The Morgan fingerprint density at radius 1 is 1.29 bits per heavy atom. The van der Waals surface area contributed by atoms with Crippen LogP contribution in [0.1, 0.15) is 10.4 Å². The van der Waals surface area contributed by atoms with Crippen LogP contribution in [0.3, 0.4) is 0 Å². The molecular weight excluding hydrogens is 409 g/mol. The lowest BCUT2D eigenvalue weighted by Gasteiger charge is -2.08. The highest BCUT2D eigenvalue weighted by Crippen LogP contribution is 2.25. The van der Waals surface area contributed by atoms with Crippen LogP contribution in [0.4, 0.5) is 17.1 Å². The molecule has 0 aromatic heterocycles. The van der Waals surface area contributed by atoms with E-state index in [4.69, 9.17) is 17.3 Å². The van der Waals surface area contributed by atoms with Gasteiger partial charge in [-0.2, -0.15) is 0 Å². The van der Waals surface area contributed by atoms with Gasteiger partial charge in [-0.3, -0.25) is 14.9 Å². The summed E-state index contributed by atoms with van der Waals surface area (Å²) in [4.78, 5) is 22.3. The van der Waals surface area contributed by atoms with Crippen molar-refractivity contribution >= 4 is 57.2 Å². The molecule has 21 heavy (non-hydrogen) atoms. The second-order valence-electron chi connectivity index (χ2n) is 4.11. The van der Waals surface area contributed by atoms with Crippen molar-refractivity contribution in [3.63, 3.8) is 0 Å². The van der Waals surface area contributed by atoms with Gasteiger partial charge in [0, 0.05) is 20.2 Å². The summed E-state index contributed by atoms with van der Waals surface area (Å²) in [6.07, 6.45) is 0. The van der Waals surface area contributed by atoms with Gasteiger partial charge >= 0.3 is 0 Å². The number of rotatable bonds is 3. The van der Waals surface area contributed by atoms with Crippen LogP contribution >= 0.6 is 34.2 Å². The molecule has 0 unspecified atom stereocenters. The standard InChI is InChI=1S/C13H9ClIN3O3/c14-8-2-4-11(9(15)6-8)17-13(19)7-1-3-10(16)12(5-7)18(20)21/h1-6H,16H2,(H,17,19). The van der Waals surface area contributed by atoms with Crippen LogP contribution in [-0.2, 0) is 0 Å². The number of anilines is 2. The first-order valence-electron chi connectivity index (χ1n) is 5.69. The molecule has 0 fully saturated rings. The van der Waals surface area contributed by atoms with E-state index < -0.39 is 10.8 Å². The van der Waals surface area contributed by atoms with Gasteiger partial charge < -0.3 is 11.1 Å². The lowest BCUT2D eigenvalue weighted by molar-refractivity contribution is -0.383. The first kappa shape index (κ1) is 15.5. The zero-order valence-corrected chi connectivity index (χ0v) is 13.4. The first-order valence-corrected chi connectivity index (χ1v) is 7.14. The third kappa shape index (κ3) is 3.61. The van der Waals surface area contributed by atoms with Crippen LogP contribution in [0.25, 0.3) is 0 Å². The van der Waals surface area contributed by atoms with Crippen LogP contribution in [0.15, 0.2) is 36.4 Å². The van der Waals surface area contributed by atoms with Gasteiger partial charge in [-0.05, 0) is 52.9 Å². The second-order valence-corrected chi connectivity index (χ2v) is 5.71. The van der Waals surface area contributed by atoms with Crippen LogP contribution < -0.4 is 11.1 Å². The van der Waals surface area contributed by atoms with E-state index in [9.17, 15) is 14.9 Å². The molecule has 0 aliphatic carbocycles. The topological polar surface area (TPSA) is 98.3 Å². The van der Waals surface area contributed by atoms with Crippen LogP contribution in [0.5, 0.6) is 0 Å². The zero-order chi connectivity index (χ0) is 15.6. The Hall–Kier alpha value is -1.87. The number of amides is 1. The highest BCUT2D eigenvalue weighted by molar-refractivity contribution is 14.1. The number of benzene rings is 2. The maximum atomic E-state index is 12.1. The van der Waals surface area contributed by atoms with Crippen molar-refractivity contribution in [3.8, 4) is 0 Å². The van der Waals surface area contributed by atoms with Gasteiger partial charge in [0.1, 0.15) is 5.69 Å². The quantitative estimate of drug-likeness (QED) is 0.344. The molecule has 3 N–H and O–H groups in total. The van der Waals surface area contributed by atoms with E-state index in [1.807, 2.05) is 22.6 Å². The molecule has 0 atom stereocenters. The highest BCUT2D eigenvalue weighted by Gasteiger charge is 2.16. The Labute approximate surface area is 138 Å². The van der Waals surface area contributed by atoms with E-state index in [-0.39, 0.29) is 16.9 Å². The number of nitro benzene ring substituents is 1. The number of hydrogen-bond acceptors (Lipinski definition) is 4.